The molecule has 0 saturated carbocycles. The zero-order chi connectivity index (χ0) is 11.5. The van der Waals surface area contributed by atoms with E-state index >= 15 is 0 Å². The van der Waals surface area contributed by atoms with E-state index in [1.165, 1.54) is 11.3 Å². The Hall–Kier alpha value is -1.99. The second-order valence-corrected chi connectivity index (χ2v) is 4.26. The first-order valence-electron chi connectivity index (χ1n) is 4.72. The summed E-state index contributed by atoms with van der Waals surface area (Å²) >= 11 is 1.49. The lowest BCUT2D eigenvalue weighted by atomic mass is 10.1. The van der Waals surface area contributed by atoms with Crippen molar-refractivity contribution in [3.05, 3.63) is 46.0 Å². The molecule has 0 unspecified atom stereocenters. The van der Waals surface area contributed by atoms with Gasteiger partial charge >= 0.3 is 0 Å². The first kappa shape index (κ1) is 10.5. The van der Waals surface area contributed by atoms with Gasteiger partial charge in [0.25, 0.3) is 0 Å². The highest BCUT2D eigenvalue weighted by atomic mass is 32.1. The van der Waals surface area contributed by atoms with E-state index in [1.54, 1.807) is 6.26 Å². The molecule has 0 spiro atoms. The topological polar surface area (TPSA) is 62.9 Å². The smallest absolute Gasteiger partial charge is 0.153 e. The van der Waals surface area contributed by atoms with Gasteiger partial charge in [-0.3, -0.25) is 0 Å². The zero-order valence-corrected chi connectivity index (χ0v) is 9.54. The number of hydrogen-bond donors (Lipinski definition) is 1. The number of nitrogens with two attached hydrogens (primary N) is 1. The van der Waals surface area contributed by atoms with Crippen molar-refractivity contribution in [3.63, 3.8) is 0 Å². The Morgan fingerprint density at radius 3 is 2.81 bits per heavy atom. The molecule has 0 aliphatic rings. The minimum Gasteiger partial charge on any atom is -0.462 e. The van der Waals surface area contributed by atoms with E-state index in [0.29, 0.717) is 17.0 Å². The third kappa shape index (κ3) is 1.73. The summed E-state index contributed by atoms with van der Waals surface area (Å²) in [4.78, 5) is 0.857. The highest BCUT2D eigenvalue weighted by Gasteiger charge is 2.13. The van der Waals surface area contributed by atoms with Crippen molar-refractivity contribution in [1.82, 2.24) is 0 Å². The van der Waals surface area contributed by atoms with Crippen LogP contribution in [0.3, 0.4) is 0 Å². The summed E-state index contributed by atoms with van der Waals surface area (Å²) in [6, 6.07) is 7.71. The summed E-state index contributed by atoms with van der Waals surface area (Å²) in [5.41, 5.74) is 7.75. The van der Waals surface area contributed by atoms with E-state index in [-0.39, 0.29) is 0 Å². The number of furan rings is 1. The molecule has 2 rings (SSSR count). The molecule has 0 fully saturated rings. The average molecular weight is 230 g/mol. The predicted molar refractivity (Wildman–Crippen MR) is 64.4 cm³/mol. The second-order valence-electron chi connectivity index (χ2n) is 3.31. The van der Waals surface area contributed by atoms with Gasteiger partial charge in [0.15, 0.2) is 5.76 Å². The molecule has 0 bridgehead atoms. The number of allylic oxidation sites excluding steroid dienone is 1. The summed E-state index contributed by atoms with van der Waals surface area (Å²) in [5.74, 6) is 0.574. The Labute approximate surface area is 97.4 Å². The predicted octanol–water partition coefficient (Wildman–Crippen LogP) is 3.00. The van der Waals surface area contributed by atoms with Crippen LogP contribution in [0.5, 0.6) is 0 Å². The Morgan fingerprint density at radius 1 is 1.50 bits per heavy atom. The largest absolute Gasteiger partial charge is 0.462 e. The van der Waals surface area contributed by atoms with Crippen LogP contribution >= 0.6 is 11.3 Å². The molecule has 0 atom stereocenters. The van der Waals surface area contributed by atoms with Gasteiger partial charge in [0.05, 0.1) is 17.5 Å². The molecule has 3 nitrogen and oxygen atoms in total. The minimum atomic E-state index is 0.396. The standard InChI is InChI=1S/C12H10N2OS/c1-8-4-5-15-12(8)11(14)9(7-13)10-3-2-6-16-10/h2-6H,14H2,1H3/b11-9+. The van der Waals surface area contributed by atoms with Crippen LogP contribution in [0.1, 0.15) is 16.2 Å². The lowest BCUT2D eigenvalue weighted by molar-refractivity contribution is 0.550. The van der Waals surface area contributed by atoms with Gasteiger partial charge in [-0.25, -0.2) is 0 Å². The number of rotatable bonds is 2. The van der Waals surface area contributed by atoms with Crippen molar-refractivity contribution in [3.8, 4) is 6.07 Å². The quantitative estimate of drug-likeness (QED) is 0.806. The first-order chi connectivity index (χ1) is 7.74. The number of hydrogen-bond acceptors (Lipinski definition) is 4. The van der Waals surface area contributed by atoms with E-state index in [0.717, 1.165) is 10.4 Å². The Balaban J connectivity index is 2.56. The summed E-state index contributed by atoms with van der Waals surface area (Å²) < 4.78 is 5.28. The van der Waals surface area contributed by atoms with Gasteiger partial charge in [0.1, 0.15) is 6.07 Å². The Bertz CT molecular complexity index is 558. The summed E-state index contributed by atoms with van der Waals surface area (Å²) in [6.07, 6.45) is 1.57. The van der Waals surface area contributed by atoms with Gasteiger partial charge in [0, 0.05) is 4.88 Å². The van der Waals surface area contributed by atoms with Crippen LogP contribution in [0.25, 0.3) is 11.3 Å². The number of thiophene rings is 1. The van der Waals surface area contributed by atoms with E-state index in [1.807, 2.05) is 30.5 Å². The fourth-order valence-electron chi connectivity index (χ4n) is 1.43. The molecule has 0 aliphatic carbocycles. The number of nitrogens with zero attached hydrogens (tertiary/aromatic N) is 1. The maximum Gasteiger partial charge on any atom is 0.153 e. The van der Waals surface area contributed by atoms with Crippen molar-refractivity contribution in [2.45, 2.75) is 6.92 Å². The average Bonchev–Trinajstić information content (AvgIpc) is 2.90. The Kier molecular flexibility index (Phi) is 2.80. The van der Waals surface area contributed by atoms with Crippen molar-refractivity contribution in [1.29, 1.82) is 5.26 Å². The van der Waals surface area contributed by atoms with Crippen LogP contribution in [0, 0.1) is 18.3 Å². The Morgan fingerprint density at radius 2 is 2.31 bits per heavy atom. The van der Waals surface area contributed by atoms with Crippen LogP contribution in [0.2, 0.25) is 0 Å². The third-order valence-corrected chi connectivity index (χ3v) is 3.14. The van der Waals surface area contributed by atoms with Crippen molar-refractivity contribution in [2.24, 2.45) is 5.73 Å². The number of nitriles is 1. The van der Waals surface area contributed by atoms with Gasteiger partial charge in [0.2, 0.25) is 0 Å². The monoisotopic (exact) mass is 230 g/mol. The molecule has 2 aromatic heterocycles. The molecular weight excluding hydrogens is 220 g/mol. The van der Waals surface area contributed by atoms with Gasteiger partial charge in [-0.15, -0.1) is 11.3 Å². The second kappa shape index (κ2) is 4.25. The highest BCUT2D eigenvalue weighted by molar-refractivity contribution is 7.11. The van der Waals surface area contributed by atoms with Gasteiger partial charge < -0.3 is 10.2 Å². The fraction of sp³-hybridized carbons (Fsp3) is 0.0833. The molecule has 0 aromatic carbocycles. The zero-order valence-electron chi connectivity index (χ0n) is 8.73. The van der Waals surface area contributed by atoms with Gasteiger partial charge in [-0.05, 0) is 30.0 Å². The third-order valence-electron chi connectivity index (χ3n) is 2.26. The van der Waals surface area contributed by atoms with Crippen LogP contribution in [-0.2, 0) is 0 Å². The fourth-order valence-corrected chi connectivity index (χ4v) is 2.17. The summed E-state index contributed by atoms with van der Waals surface area (Å²) in [7, 11) is 0. The molecule has 4 heteroatoms. The van der Waals surface area contributed by atoms with Crippen molar-refractivity contribution >= 4 is 22.6 Å². The SMILES string of the molecule is Cc1ccoc1/C(N)=C(/C#N)c1cccs1. The molecule has 2 aromatic rings. The molecule has 0 saturated heterocycles. The molecule has 0 radical (unpaired) electrons. The first-order valence-corrected chi connectivity index (χ1v) is 5.60. The van der Waals surface area contributed by atoms with E-state index in [9.17, 15) is 0 Å². The molecule has 16 heavy (non-hydrogen) atoms. The summed E-state index contributed by atoms with van der Waals surface area (Å²) in [6.45, 7) is 1.90. The highest BCUT2D eigenvalue weighted by Crippen LogP contribution is 2.27. The lowest BCUT2D eigenvalue weighted by Crippen LogP contribution is -1.99. The van der Waals surface area contributed by atoms with E-state index in [4.69, 9.17) is 15.4 Å². The molecule has 0 amide bonds. The van der Waals surface area contributed by atoms with Crippen LogP contribution in [0.4, 0.5) is 0 Å². The van der Waals surface area contributed by atoms with Crippen molar-refractivity contribution < 1.29 is 4.42 Å². The van der Waals surface area contributed by atoms with Crippen LogP contribution < -0.4 is 5.73 Å². The van der Waals surface area contributed by atoms with E-state index < -0.39 is 0 Å². The molecule has 2 N–H and O–H groups in total. The molecule has 0 aliphatic heterocycles. The van der Waals surface area contributed by atoms with Gasteiger partial charge in [-0.1, -0.05) is 6.07 Å². The van der Waals surface area contributed by atoms with Crippen LogP contribution in [-0.4, -0.2) is 0 Å². The summed E-state index contributed by atoms with van der Waals surface area (Å²) in [5, 5.41) is 11.0. The van der Waals surface area contributed by atoms with E-state index in [2.05, 4.69) is 6.07 Å². The maximum atomic E-state index is 9.14. The maximum absolute atomic E-state index is 9.14. The molecule has 2 heterocycles. The van der Waals surface area contributed by atoms with Crippen LogP contribution in [0.15, 0.2) is 34.3 Å². The molecule has 80 valence electrons. The minimum absolute atomic E-state index is 0.396. The normalized spacial score (nSPS) is 12.0. The number of aryl methyl sites for hydroxylation is 1. The molecular formula is C12H10N2OS. The van der Waals surface area contributed by atoms with Gasteiger partial charge in [-0.2, -0.15) is 5.26 Å². The van der Waals surface area contributed by atoms with Crippen molar-refractivity contribution in [2.75, 3.05) is 0 Å². The lowest BCUT2D eigenvalue weighted by Gasteiger charge is -2.01.